The summed E-state index contributed by atoms with van der Waals surface area (Å²) in [6, 6.07) is 2.86. The van der Waals surface area contributed by atoms with Crippen LogP contribution in [-0.2, 0) is 9.53 Å². The molecule has 3 N–H and O–H groups in total. The predicted octanol–water partition coefficient (Wildman–Crippen LogP) is 1.08. The van der Waals surface area contributed by atoms with Crippen LogP contribution in [0.3, 0.4) is 0 Å². The minimum Gasteiger partial charge on any atom is -0.480 e. The topological polar surface area (TPSA) is 147 Å². The summed E-state index contributed by atoms with van der Waals surface area (Å²) in [5, 5.41) is 29.5. The number of H-pyrrole nitrogens is 1. The van der Waals surface area contributed by atoms with E-state index in [0.29, 0.717) is 18.5 Å². The number of aliphatic carboxylic acids is 1. The molecule has 25 heavy (non-hydrogen) atoms. The van der Waals surface area contributed by atoms with Crippen LogP contribution in [0.1, 0.15) is 23.3 Å². The lowest BCUT2D eigenvalue weighted by Gasteiger charge is -2.27. The Morgan fingerprint density at radius 1 is 1.48 bits per heavy atom. The Labute approximate surface area is 141 Å². The predicted molar refractivity (Wildman–Crippen MR) is 85.2 cm³/mol. The summed E-state index contributed by atoms with van der Waals surface area (Å²) in [4.78, 5) is 34.3. The fourth-order valence-corrected chi connectivity index (χ4v) is 2.91. The van der Waals surface area contributed by atoms with E-state index < -0.39 is 22.8 Å². The highest BCUT2D eigenvalue weighted by molar-refractivity contribution is 6.06. The molecule has 1 saturated heterocycles. The number of amides is 1. The number of rotatable bonds is 5. The largest absolute Gasteiger partial charge is 0.480 e. The maximum Gasteiger partial charge on any atom is 0.326 e. The van der Waals surface area contributed by atoms with E-state index in [9.17, 15) is 24.8 Å². The average Bonchev–Trinajstić information content (AvgIpc) is 3.03. The summed E-state index contributed by atoms with van der Waals surface area (Å²) in [7, 11) is 0. The number of fused-ring (bicyclic) bond motifs is 1. The van der Waals surface area contributed by atoms with Crippen molar-refractivity contribution in [3.63, 3.8) is 0 Å². The van der Waals surface area contributed by atoms with Crippen LogP contribution in [0.25, 0.3) is 10.9 Å². The molecule has 0 bridgehead atoms. The molecule has 1 fully saturated rings. The number of nitro benzene ring substituents is 1. The smallest absolute Gasteiger partial charge is 0.326 e. The number of ether oxygens (including phenoxy) is 1. The van der Waals surface area contributed by atoms with Gasteiger partial charge >= 0.3 is 5.97 Å². The highest BCUT2D eigenvalue weighted by Crippen LogP contribution is 2.23. The quantitative estimate of drug-likeness (QED) is 0.541. The molecule has 1 aromatic heterocycles. The van der Waals surface area contributed by atoms with Crippen LogP contribution in [0.5, 0.6) is 0 Å². The highest BCUT2D eigenvalue weighted by Gasteiger charge is 2.32. The van der Waals surface area contributed by atoms with Gasteiger partial charge in [0, 0.05) is 30.0 Å². The van der Waals surface area contributed by atoms with Crippen LogP contribution in [0, 0.1) is 16.0 Å². The minimum atomic E-state index is -1.16. The molecule has 0 saturated carbocycles. The Hall–Kier alpha value is -3.01. The number of carboxylic acids is 1. The van der Waals surface area contributed by atoms with Crippen molar-refractivity contribution in [3.8, 4) is 0 Å². The second-order valence-corrected chi connectivity index (χ2v) is 5.83. The zero-order valence-corrected chi connectivity index (χ0v) is 13.1. The molecule has 0 aliphatic carbocycles. The van der Waals surface area contributed by atoms with Gasteiger partial charge in [0.2, 0.25) is 0 Å². The van der Waals surface area contributed by atoms with Gasteiger partial charge in [-0.25, -0.2) is 4.79 Å². The Morgan fingerprint density at radius 2 is 2.28 bits per heavy atom. The fraction of sp³-hybridized carbons (Fsp3) is 0.400. The van der Waals surface area contributed by atoms with Crippen LogP contribution in [-0.4, -0.2) is 51.4 Å². The Balaban J connectivity index is 1.86. The van der Waals surface area contributed by atoms with Crippen LogP contribution in [0.15, 0.2) is 18.2 Å². The van der Waals surface area contributed by atoms with Crippen molar-refractivity contribution in [1.29, 1.82) is 0 Å². The number of carbonyl (C=O) groups excluding carboxylic acids is 1. The molecule has 10 nitrogen and oxygen atoms in total. The number of aromatic amines is 1. The summed E-state index contributed by atoms with van der Waals surface area (Å²) in [5.74, 6) is -2.20. The third-order valence-electron chi connectivity index (χ3n) is 4.19. The molecule has 10 heteroatoms. The first kappa shape index (κ1) is 16.8. The molecule has 0 radical (unpaired) electrons. The number of carbonyl (C=O) groups is 2. The summed E-state index contributed by atoms with van der Waals surface area (Å²) >= 11 is 0. The first-order valence-electron chi connectivity index (χ1n) is 7.71. The normalized spacial score (nSPS) is 18.6. The molecule has 1 aliphatic heterocycles. The van der Waals surface area contributed by atoms with E-state index in [1.165, 1.54) is 18.2 Å². The van der Waals surface area contributed by atoms with E-state index in [-0.39, 0.29) is 29.3 Å². The van der Waals surface area contributed by atoms with Crippen LogP contribution in [0.2, 0.25) is 0 Å². The van der Waals surface area contributed by atoms with E-state index in [1.807, 2.05) is 0 Å². The first-order chi connectivity index (χ1) is 12.0. The van der Waals surface area contributed by atoms with E-state index >= 15 is 0 Å². The molecule has 2 atom stereocenters. The minimum absolute atomic E-state index is 0.0818. The third kappa shape index (κ3) is 3.43. The van der Waals surface area contributed by atoms with Crippen LogP contribution >= 0.6 is 0 Å². The Bertz CT molecular complexity index is 827. The van der Waals surface area contributed by atoms with Crippen molar-refractivity contribution in [1.82, 2.24) is 15.5 Å². The number of aromatic nitrogens is 2. The zero-order chi connectivity index (χ0) is 18.0. The number of hydrogen-bond acceptors (Lipinski definition) is 6. The van der Waals surface area contributed by atoms with E-state index in [0.717, 1.165) is 6.42 Å². The van der Waals surface area contributed by atoms with Crippen molar-refractivity contribution in [2.45, 2.75) is 18.9 Å². The van der Waals surface area contributed by atoms with Crippen LogP contribution in [0.4, 0.5) is 5.69 Å². The van der Waals surface area contributed by atoms with E-state index in [2.05, 4.69) is 15.5 Å². The molecule has 2 heterocycles. The molecule has 0 spiro atoms. The number of nitro groups is 1. The van der Waals surface area contributed by atoms with Gasteiger partial charge in [-0.3, -0.25) is 20.0 Å². The SMILES string of the molecule is O=C(NC(C(=O)O)C1CCCOC1)c1n[nH]c2ccc([N+](=O)[O-])cc12. The lowest BCUT2D eigenvalue weighted by atomic mass is 9.93. The van der Waals surface area contributed by atoms with E-state index in [4.69, 9.17) is 4.74 Å². The van der Waals surface area contributed by atoms with Crippen molar-refractivity contribution < 1.29 is 24.4 Å². The number of nitrogens with one attached hydrogen (secondary N) is 2. The summed E-state index contributed by atoms with van der Waals surface area (Å²) in [6.45, 7) is 0.828. The molecule has 3 rings (SSSR count). The van der Waals surface area contributed by atoms with Crippen molar-refractivity contribution >= 4 is 28.5 Å². The number of benzene rings is 1. The Morgan fingerprint density at radius 3 is 2.92 bits per heavy atom. The molecule has 132 valence electrons. The van der Waals surface area contributed by atoms with Gasteiger partial charge in [0.05, 0.1) is 17.0 Å². The second-order valence-electron chi connectivity index (χ2n) is 5.83. The van der Waals surface area contributed by atoms with Gasteiger partial charge in [0.25, 0.3) is 11.6 Å². The number of hydrogen-bond donors (Lipinski definition) is 3. The maximum absolute atomic E-state index is 12.5. The first-order valence-corrected chi connectivity index (χ1v) is 7.71. The van der Waals surface area contributed by atoms with E-state index in [1.54, 1.807) is 0 Å². The molecule has 2 unspecified atom stereocenters. The molecule has 2 aromatic rings. The van der Waals surface area contributed by atoms with Gasteiger partial charge in [-0.2, -0.15) is 5.10 Å². The summed E-state index contributed by atoms with van der Waals surface area (Å²) < 4.78 is 5.29. The van der Waals surface area contributed by atoms with Crippen molar-refractivity contribution in [2.24, 2.45) is 5.92 Å². The maximum atomic E-state index is 12.5. The fourth-order valence-electron chi connectivity index (χ4n) is 2.91. The standard InChI is InChI=1S/C15H16N4O6/c20-14(16-12(15(21)22)8-2-1-5-25-7-8)13-10-6-9(19(23)24)3-4-11(10)17-18-13/h3-4,6,8,12H,1-2,5,7H2,(H,16,20)(H,17,18)(H,21,22). The molecule has 1 aromatic carbocycles. The second kappa shape index (κ2) is 6.85. The van der Waals surface area contributed by atoms with Crippen molar-refractivity contribution in [3.05, 3.63) is 34.0 Å². The number of non-ortho nitro benzene ring substituents is 1. The summed E-state index contributed by atoms with van der Waals surface area (Å²) in [6.07, 6.45) is 1.35. The molecule has 1 aliphatic rings. The van der Waals surface area contributed by atoms with Gasteiger partial charge < -0.3 is 15.2 Å². The monoisotopic (exact) mass is 348 g/mol. The van der Waals surface area contributed by atoms with Gasteiger partial charge in [-0.1, -0.05) is 0 Å². The lowest BCUT2D eigenvalue weighted by Crippen LogP contribution is -2.48. The van der Waals surface area contributed by atoms with Gasteiger partial charge in [0.15, 0.2) is 5.69 Å². The molecule has 1 amide bonds. The van der Waals surface area contributed by atoms with Crippen LogP contribution < -0.4 is 5.32 Å². The lowest BCUT2D eigenvalue weighted by molar-refractivity contribution is -0.384. The molecular weight excluding hydrogens is 332 g/mol. The van der Waals surface area contributed by atoms with Gasteiger partial charge in [-0.05, 0) is 18.9 Å². The third-order valence-corrected chi connectivity index (χ3v) is 4.19. The molecular formula is C15H16N4O6. The van der Waals surface area contributed by atoms with Gasteiger partial charge in [-0.15, -0.1) is 0 Å². The van der Waals surface area contributed by atoms with Gasteiger partial charge in [0.1, 0.15) is 6.04 Å². The van der Waals surface area contributed by atoms with Crippen molar-refractivity contribution in [2.75, 3.05) is 13.2 Å². The number of nitrogens with zero attached hydrogens (tertiary/aromatic N) is 2. The average molecular weight is 348 g/mol. The Kier molecular flexibility index (Phi) is 4.61. The highest BCUT2D eigenvalue weighted by atomic mass is 16.6. The number of carboxylic acid groups (broad SMARTS) is 1. The zero-order valence-electron chi connectivity index (χ0n) is 13.1. The summed E-state index contributed by atoms with van der Waals surface area (Å²) in [5.41, 5.74) is 0.184.